The van der Waals surface area contributed by atoms with Gasteiger partial charge < -0.3 is 8.98 Å². The third-order valence-corrected chi connectivity index (χ3v) is 10.0. The third kappa shape index (κ3) is 3.64. The van der Waals surface area contributed by atoms with E-state index in [0.29, 0.717) is 11.5 Å². The molecule has 9 aromatic rings. The Morgan fingerprint density at radius 1 is 0.596 bits per heavy atom. The monoisotopic (exact) mass is 603 g/mol. The lowest BCUT2D eigenvalue weighted by atomic mass is 9.81. The molecule has 0 amide bonds. The van der Waals surface area contributed by atoms with Gasteiger partial charge in [0, 0.05) is 38.4 Å². The van der Waals surface area contributed by atoms with E-state index < -0.39 is 0 Å². The van der Waals surface area contributed by atoms with Crippen molar-refractivity contribution in [1.29, 1.82) is 0 Å². The second-order valence-corrected chi connectivity index (χ2v) is 13.0. The van der Waals surface area contributed by atoms with Crippen LogP contribution in [0.2, 0.25) is 0 Å². The minimum Gasteiger partial charge on any atom is -0.438 e. The van der Waals surface area contributed by atoms with Crippen molar-refractivity contribution < 1.29 is 4.42 Å². The lowest BCUT2D eigenvalue weighted by molar-refractivity contribution is 0.653. The van der Waals surface area contributed by atoms with Crippen LogP contribution < -0.4 is 0 Å². The van der Waals surface area contributed by atoms with Crippen molar-refractivity contribution in [1.82, 2.24) is 14.5 Å². The van der Waals surface area contributed by atoms with Gasteiger partial charge in [-0.05, 0) is 46.5 Å². The molecule has 4 nitrogen and oxygen atoms in total. The van der Waals surface area contributed by atoms with E-state index in [1.807, 2.05) is 48.5 Å². The Balaban J connectivity index is 1.28. The van der Waals surface area contributed by atoms with Gasteiger partial charge in [0.15, 0.2) is 5.82 Å². The van der Waals surface area contributed by atoms with Crippen molar-refractivity contribution in [3.8, 4) is 39.5 Å². The Morgan fingerprint density at radius 3 is 2.23 bits per heavy atom. The molecule has 47 heavy (non-hydrogen) atoms. The minimum absolute atomic E-state index is 0.158. The fourth-order valence-corrected chi connectivity index (χ4v) is 7.92. The van der Waals surface area contributed by atoms with Crippen LogP contribution in [0.3, 0.4) is 0 Å². The van der Waals surface area contributed by atoms with Crippen molar-refractivity contribution in [2.45, 2.75) is 19.3 Å². The van der Waals surface area contributed by atoms with Gasteiger partial charge in [0.1, 0.15) is 5.58 Å². The van der Waals surface area contributed by atoms with E-state index in [1.165, 1.54) is 44.1 Å². The maximum absolute atomic E-state index is 6.34. The molecular weight excluding hydrogens is 574 g/mol. The van der Waals surface area contributed by atoms with Crippen LogP contribution in [-0.2, 0) is 5.41 Å². The van der Waals surface area contributed by atoms with Crippen LogP contribution >= 0.6 is 0 Å². The standard InChI is InChI=1S/C43H29N3O/c1-43(2)34-20-9-6-17-29(34)31-23-24-32-30-18-7-10-21-35(30)46(40(32)38(31)43)28-16-12-15-27(25-28)39-37-33-19-8-11-22-36(33)47-42(37)45-41(44-39)26-13-4-3-5-14-26/h3-25H,1-2H3. The number of hydrogen-bond donors (Lipinski definition) is 0. The molecule has 10 rings (SSSR count). The molecule has 222 valence electrons. The summed E-state index contributed by atoms with van der Waals surface area (Å²) >= 11 is 0. The van der Waals surface area contributed by atoms with Gasteiger partial charge in [-0.2, -0.15) is 4.98 Å². The molecule has 6 aromatic carbocycles. The molecule has 0 bridgehead atoms. The van der Waals surface area contributed by atoms with E-state index in [4.69, 9.17) is 14.4 Å². The molecule has 0 aliphatic heterocycles. The average Bonchev–Trinajstić information content (AvgIpc) is 3.74. The molecule has 0 atom stereocenters. The number of para-hydroxylation sites is 2. The van der Waals surface area contributed by atoms with Gasteiger partial charge in [0.05, 0.1) is 22.1 Å². The Bertz CT molecular complexity index is 2710. The van der Waals surface area contributed by atoms with Crippen LogP contribution in [-0.4, -0.2) is 14.5 Å². The van der Waals surface area contributed by atoms with E-state index in [0.717, 1.165) is 38.9 Å². The molecule has 0 N–H and O–H groups in total. The summed E-state index contributed by atoms with van der Waals surface area (Å²) in [5.74, 6) is 0.645. The van der Waals surface area contributed by atoms with Gasteiger partial charge in [0.2, 0.25) is 5.71 Å². The summed E-state index contributed by atoms with van der Waals surface area (Å²) in [5.41, 5.74) is 13.0. The van der Waals surface area contributed by atoms with E-state index in [1.54, 1.807) is 0 Å². The summed E-state index contributed by atoms with van der Waals surface area (Å²) in [5, 5.41) is 4.45. The quantitative estimate of drug-likeness (QED) is 0.202. The lowest BCUT2D eigenvalue weighted by Crippen LogP contribution is -2.16. The van der Waals surface area contributed by atoms with Gasteiger partial charge >= 0.3 is 0 Å². The van der Waals surface area contributed by atoms with Gasteiger partial charge in [-0.3, -0.25) is 0 Å². The largest absolute Gasteiger partial charge is 0.438 e. The Morgan fingerprint density at radius 2 is 1.34 bits per heavy atom. The van der Waals surface area contributed by atoms with Crippen LogP contribution in [0.25, 0.3) is 83.3 Å². The van der Waals surface area contributed by atoms with Gasteiger partial charge in [-0.15, -0.1) is 0 Å². The molecular formula is C43H29N3O. The molecule has 0 unspecified atom stereocenters. The van der Waals surface area contributed by atoms with Crippen LogP contribution in [0.15, 0.2) is 144 Å². The van der Waals surface area contributed by atoms with Gasteiger partial charge in [0.25, 0.3) is 0 Å². The van der Waals surface area contributed by atoms with Crippen LogP contribution in [0.5, 0.6) is 0 Å². The van der Waals surface area contributed by atoms with E-state index in [2.05, 4.69) is 109 Å². The normalized spacial score (nSPS) is 13.5. The molecule has 0 fully saturated rings. The number of furan rings is 1. The molecule has 1 aliphatic rings. The Kier molecular flexibility index (Phi) is 5.31. The highest BCUT2D eigenvalue weighted by molar-refractivity contribution is 6.14. The predicted molar refractivity (Wildman–Crippen MR) is 192 cm³/mol. The van der Waals surface area contributed by atoms with E-state index in [9.17, 15) is 0 Å². The highest BCUT2D eigenvalue weighted by Gasteiger charge is 2.38. The fraction of sp³-hybridized carbons (Fsp3) is 0.0698. The van der Waals surface area contributed by atoms with Crippen LogP contribution in [0.1, 0.15) is 25.0 Å². The summed E-state index contributed by atoms with van der Waals surface area (Å²) < 4.78 is 8.81. The zero-order chi connectivity index (χ0) is 31.3. The van der Waals surface area contributed by atoms with Crippen molar-refractivity contribution in [2.75, 3.05) is 0 Å². The lowest BCUT2D eigenvalue weighted by Gasteiger charge is -2.23. The van der Waals surface area contributed by atoms with Gasteiger partial charge in [-0.1, -0.05) is 129 Å². The number of benzene rings is 6. The summed E-state index contributed by atoms with van der Waals surface area (Å²) in [4.78, 5) is 10.2. The van der Waals surface area contributed by atoms with Crippen molar-refractivity contribution in [3.05, 3.63) is 151 Å². The molecule has 1 aliphatic carbocycles. The molecule has 3 heterocycles. The first-order chi connectivity index (χ1) is 23.1. The smallest absolute Gasteiger partial charge is 0.231 e. The zero-order valence-electron chi connectivity index (χ0n) is 26.0. The first-order valence-corrected chi connectivity index (χ1v) is 16.1. The van der Waals surface area contributed by atoms with E-state index in [-0.39, 0.29) is 5.41 Å². The summed E-state index contributed by atoms with van der Waals surface area (Å²) in [7, 11) is 0. The predicted octanol–water partition coefficient (Wildman–Crippen LogP) is 11.1. The first kappa shape index (κ1) is 26.2. The van der Waals surface area contributed by atoms with Crippen LogP contribution in [0, 0.1) is 0 Å². The third-order valence-electron chi connectivity index (χ3n) is 10.0. The van der Waals surface area contributed by atoms with Crippen molar-refractivity contribution in [3.63, 3.8) is 0 Å². The number of fused-ring (bicyclic) bond motifs is 10. The average molecular weight is 604 g/mol. The molecule has 0 saturated heterocycles. The summed E-state index contributed by atoms with van der Waals surface area (Å²) in [6, 6.07) is 49.3. The number of nitrogens with zero attached hydrogens (tertiary/aromatic N) is 3. The number of hydrogen-bond acceptors (Lipinski definition) is 3. The molecule has 0 spiro atoms. The maximum atomic E-state index is 6.34. The fourth-order valence-electron chi connectivity index (χ4n) is 7.92. The zero-order valence-corrected chi connectivity index (χ0v) is 26.0. The molecule has 0 radical (unpaired) electrons. The minimum atomic E-state index is -0.158. The Labute approximate surface area is 271 Å². The summed E-state index contributed by atoms with van der Waals surface area (Å²) in [6.07, 6.45) is 0. The highest BCUT2D eigenvalue weighted by Crippen LogP contribution is 2.53. The van der Waals surface area contributed by atoms with Gasteiger partial charge in [-0.25, -0.2) is 4.98 Å². The first-order valence-electron chi connectivity index (χ1n) is 16.1. The van der Waals surface area contributed by atoms with Crippen molar-refractivity contribution >= 4 is 43.9 Å². The van der Waals surface area contributed by atoms with Crippen LogP contribution in [0.4, 0.5) is 0 Å². The van der Waals surface area contributed by atoms with E-state index >= 15 is 0 Å². The number of aromatic nitrogens is 3. The summed E-state index contributed by atoms with van der Waals surface area (Å²) in [6.45, 7) is 4.73. The second kappa shape index (κ2) is 9.51. The molecule has 0 saturated carbocycles. The second-order valence-electron chi connectivity index (χ2n) is 13.0. The molecule has 3 aromatic heterocycles. The topological polar surface area (TPSA) is 43.9 Å². The highest BCUT2D eigenvalue weighted by atomic mass is 16.3. The number of rotatable bonds is 3. The molecule has 4 heteroatoms. The SMILES string of the molecule is CC1(C)c2ccccc2-c2ccc3c4ccccc4n(-c4cccc(-c5nc(-c6ccccc6)nc6oc7ccccc7c56)c4)c3c21. The Hall–Kier alpha value is -6.00. The van der Waals surface area contributed by atoms with Crippen molar-refractivity contribution in [2.24, 2.45) is 0 Å². The maximum Gasteiger partial charge on any atom is 0.231 e.